The first-order valence-electron chi connectivity index (χ1n) is 13.4. The molecule has 13 heteroatoms. The van der Waals surface area contributed by atoms with Gasteiger partial charge in [0.25, 0.3) is 0 Å². The van der Waals surface area contributed by atoms with Crippen molar-refractivity contribution in [3.05, 3.63) is 47.5 Å². The van der Waals surface area contributed by atoms with Gasteiger partial charge in [-0.05, 0) is 55.6 Å². The lowest BCUT2D eigenvalue weighted by atomic mass is 10.0. The standard InChI is InChI=1S/C28H29ClF3N7O2/c1-3-24(40)38-6-8-39(9-7-38)26-18-11-20(29)17(25-19(28(30,31)32)4-5-23(33)35-25)12-21(18)34-27(36-26)41-14-22-16-10-15(16)13-37(22)2/h3-5,11-12,15-16,22H,1,6-10,13-14H2,2H3,(H2,33,35). The fourth-order valence-corrected chi connectivity index (χ4v) is 6.22. The number of piperidine rings is 1. The molecule has 9 nitrogen and oxygen atoms in total. The fourth-order valence-electron chi connectivity index (χ4n) is 5.97. The van der Waals surface area contributed by atoms with E-state index in [1.165, 1.54) is 18.6 Å². The monoisotopic (exact) mass is 587 g/mol. The number of piperazine rings is 1. The van der Waals surface area contributed by atoms with E-state index in [0.29, 0.717) is 61.3 Å². The zero-order chi connectivity index (χ0) is 29.1. The lowest BCUT2D eigenvalue weighted by Gasteiger charge is -2.35. The lowest BCUT2D eigenvalue weighted by molar-refractivity contribution is -0.137. The van der Waals surface area contributed by atoms with Crippen LogP contribution in [0.4, 0.5) is 24.8 Å². The molecule has 1 saturated carbocycles. The first-order valence-corrected chi connectivity index (χ1v) is 13.8. The highest BCUT2D eigenvalue weighted by molar-refractivity contribution is 6.34. The number of aromatic nitrogens is 3. The third kappa shape index (κ3) is 5.26. The van der Waals surface area contributed by atoms with Crippen molar-refractivity contribution >= 4 is 40.0 Å². The van der Waals surface area contributed by atoms with E-state index in [1.54, 1.807) is 11.0 Å². The van der Waals surface area contributed by atoms with Gasteiger partial charge in [0.15, 0.2) is 0 Å². The van der Waals surface area contributed by atoms with E-state index in [0.717, 1.165) is 18.7 Å². The largest absolute Gasteiger partial charge is 0.462 e. The van der Waals surface area contributed by atoms with Crippen LogP contribution in [0.3, 0.4) is 0 Å². The molecule has 4 heterocycles. The zero-order valence-corrected chi connectivity index (χ0v) is 23.1. The maximum absolute atomic E-state index is 13.9. The summed E-state index contributed by atoms with van der Waals surface area (Å²) in [7, 11) is 2.07. The number of nitrogens with two attached hydrogens (primary N) is 1. The van der Waals surface area contributed by atoms with Gasteiger partial charge in [-0.2, -0.15) is 23.1 Å². The number of fused-ring (bicyclic) bond motifs is 2. The van der Waals surface area contributed by atoms with E-state index in [4.69, 9.17) is 27.1 Å². The second-order valence-electron chi connectivity index (χ2n) is 10.8. The van der Waals surface area contributed by atoms with Crippen LogP contribution in [0.25, 0.3) is 22.2 Å². The molecule has 1 aromatic carbocycles. The van der Waals surface area contributed by atoms with E-state index < -0.39 is 11.7 Å². The number of likely N-dealkylation sites (tertiary alicyclic amines) is 1. The van der Waals surface area contributed by atoms with Crippen molar-refractivity contribution in [1.82, 2.24) is 24.8 Å². The van der Waals surface area contributed by atoms with E-state index in [9.17, 15) is 18.0 Å². The highest BCUT2D eigenvalue weighted by Crippen LogP contribution is 2.49. The number of hydrogen-bond acceptors (Lipinski definition) is 8. The quantitative estimate of drug-likeness (QED) is 0.430. The van der Waals surface area contributed by atoms with Crippen molar-refractivity contribution in [1.29, 1.82) is 0 Å². The molecule has 1 aliphatic carbocycles. The summed E-state index contributed by atoms with van der Waals surface area (Å²) in [6.45, 7) is 6.87. The number of nitrogens with zero attached hydrogens (tertiary/aromatic N) is 6. The number of alkyl halides is 3. The first-order chi connectivity index (χ1) is 19.5. The number of amides is 1. The number of rotatable bonds is 6. The number of carbonyl (C=O) groups is 1. The van der Waals surface area contributed by atoms with Gasteiger partial charge in [0, 0.05) is 49.7 Å². The van der Waals surface area contributed by atoms with Gasteiger partial charge in [-0.3, -0.25) is 9.69 Å². The Morgan fingerprint density at radius 3 is 2.61 bits per heavy atom. The second-order valence-corrected chi connectivity index (χ2v) is 11.2. The number of nitrogen functional groups attached to an aromatic ring is 1. The maximum atomic E-state index is 13.9. The van der Waals surface area contributed by atoms with Gasteiger partial charge in [0.2, 0.25) is 5.91 Å². The number of anilines is 2. The van der Waals surface area contributed by atoms with Crippen LogP contribution in [-0.2, 0) is 11.0 Å². The molecule has 3 unspecified atom stereocenters. The van der Waals surface area contributed by atoms with E-state index in [2.05, 4.69) is 28.5 Å². The topological polar surface area (TPSA) is 101 Å². The molecule has 2 saturated heterocycles. The number of carbonyl (C=O) groups excluding carboxylic acids is 1. The SMILES string of the molecule is C=CC(=O)N1CCN(c2nc(OCC3C4CC4CN3C)nc3cc(-c4nc(N)ccc4C(F)(F)F)c(Cl)cc23)CC1. The molecule has 216 valence electrons. The van der Waals surface area contributed by atoms with Gasteiger partial charge < -0.3 is 20.3 Å². The van der Waals surface area contributed by atoms with Crippen LogP contribution >= 0.6 is 11.6 Å². The predicted octanol–water partition coefficient (Wildman–Crippen LogP) is 4.11. The number of ether oxygens (including phenoxy) is 1. The van der Waals surface area contributed by atoms with Gasteiger partial charge in [-0.1, -0.05) is 18.2 Å². The van der Waals surface area contributed by atoms with Gasteiger partial charge in [0.1, 0.15) is 18.2 Å². The van der Waals surface area contributed by atoms with Crippen LogP contribution in [-0.4, -0.2) is 83.1 Å². The molecule has 3 fully saturated rings. The first kappa shape index (κ1) is 27.5. The van der Waals surface area contributed by atoms with Gasteiger partial charge in [0.05, 0.1) is 21.8 Å². The Kier molecular flexibility index (Phi) is 6.93. The number of halogens is 4. The van der Waals surface area contributed by atoms with Crippen molar-refractivity contribution in [3.8, 4) is 17.3 Å². The van der Waals surface area contributed by atoms with Crippen LogP contribution in [0.15, 0.2) is 36.9 Å². The number of benzene rings is 1. The molecule has 0 radical (unpaired) electrons. The number of pyridine rings is 1. The third-order valence-corrected chi connectivity index (χ3v) is 8.54. The van der Waals surface area contributed by atoms with Crippen LogP contribution in [0.2, 0.25) is 5.02 Å². The van der Waals surface area contributed by atoms with Crippen molar-refractivity contribution in [2.75, 3.05) is 57.0 Å². The maximum Gasteiger partial charge on any atom is 0.418 e. The van der Waals surface area contributed by atoms with Crippen LogP contribution in [0.5, 0.6) is 6.01 Å². The Morgan fingerprint density at radius 2 is 1.95 bits per heavy atom. The molecule has 41 heavy (non-hydrogen) atoms. The van der Waals surface area contributed by atoms with Gasteiger partial charge >= 0.3 is 12.2 Å². The molecule has 2 aliphatic heterocycles. The highest BCUT2D eigenvalue weighted by atomic mass is 35.5. The van der Waals surface area contributed by atoms with Gasteiger partial charge in [-0.15, -0.1) is 0 Å². The van der Waals surface area contributed by atoms with E-state index in [-0.39, 0.29) is 40.1 Å². The van der Waals surface area contributed by atoms with Gasteiger partial charge in [-0.25, -0.2) is 4.98 Å². The highest BCUT2D eigenvalue weighted by Gasteiger charge is 2.51. The normalized spacial score (nSPS) is 22.6. The molecule has 3 aromatic rings. The summed E-state index contributed by atoms with van der Waals surface area (Å²) in [5.41, 5.74) is 4.84. The molecular weight excluding hydrogens is 559 g/mol. The van der Waals surface area contributed by atoms with Crippen LogP contribution in [0.1, 0.15) is 12.0 Å². The molecule has 0 spiro atoms. The Labute approximate surface area is 239 Å². The molecule has 2 aromatic heterocycles. The number of likely N-dealkylation sites (N-methyl/N-ethyl adjacent to an activating group) is 1. The summed E-state index contributed by atoms with van der Waals surface area (Å²) in [6, 6.07) is 5.40. The minimum atomic E-state index is -4.67. The molecule has 0 bridgehead atoms. The summed E-state index contributed by atoms with van der Waals surface area (Å²) < 4.78 is 47.8. The molecule has 1 amide bonds. The third-order valence-electron chi connectivity index (χ3n) is 8.23. The minimum Gasteiger partial charge on any atom is -0.462 e. The second kappa shape index (κ2) is 10.3. The average Bonchev–Trinajstić information content (AvgIpc) is 3.62. The van der Waals surface area contributed by atoms with Crippen molar-refractivity contribution in [2.45, 2.75) is 18.6 Å². The summed E-state index contributed by atoms with van der Waals surface area (Å²) in [5.74, 6) is 1.61. The molecule has 3 atom stereocenters. The van der Waals surface area contributed by atoms with Crippen molar-refractivity contribution in [2.24, 2.45) is 11.8 Å². The average molecular weight is 588 g/mol. The van der Waals surface area contributed by atoms with Crippen molar-refractivity contribution in [3.63, 3.8) is 0 Å². The zero-order valence-electron chi connectivity index (χ0n) is 22.4. The molecule has 6 rings (SSSR count). The Hall–Kier alpha value is -3.64. The Bertz CT molecular complexity index is 1520. The summed E-state index contributed by atoms with van der Waals surface area (Å²) in [5, 5.41) is 0.597. The minimum absolute atomic E-state index is 0.0483. The summed E-state index contributed by atoms with van der Waals surface area (Å²) >= 11 is 6.61. The smallest absolute Gasteiger partial charge is 0.418 e. The van der Waals surface area contributed by atoms with E-state index in [1.807, 2.05) is 4.90 Å². The molecule has 3 aliphatic rings. The van der Waals surface area contributed by atoms with Crippen LogP contribution < -0.4 is 15.4 Å². The number of hydrogen-bond donors (Lipinski definition) is 1. The Balaban J connectivity index is 1.41. The lowest BCUT2D eigenvalue weighted by Crippen LogP contribution is -2.48. The molecular formula is C28H29ClF3N7O2. The fraction of sp³-hybridized carbons (Fsp3) is 0.429. The summed E-state index contributed by atoms with van der Waals surface area (Å²) in [4.78, 5) is 31.4. The predicted molar refractivity (Wildman–Crippen MR) is 150 cm³/mol. The van der Waals surface area contributed by atoms with E-state index >= 15 is 0 Å². The van der Waals surface area contributed by atoms with Crippen LogP contribution in [0, 0.1) is 11.8 Å². The summed E-state index contributed by atoms with van der Waals surface area (Å²) in [6.07, 6.45) is -2.20. The molecule has 2 N–H and O–H groups in total. The van der Waals surface area contributed by atoms with Crippen molar-refractivity contribution < 1.29 is 22.7 Å². The Morgan fingerprint density at radius 1 is 1.20 bits per heavy atom.